The minimum atomic E-state index is -0.723. The molecule has 3 aromatic rings. The molecule has 0 heterocycles. The van der Waals surface area contributed by atoms with E-state index < -0.39 is 6.10 Å². The van der Waals surface area contributed by atoms with Crippen molar-refractivity contribution >= 4 is 23.2 Å². The molecule has 3 aromatic carbocycles. The van der Waals surface area contributed by atoms with Crippen LogP contribution in [0.5, 0.6) is 11.5 Å². The summed E-state index contributed by atoms with van der Waals surface area (Å²) in [5.74, 6) is 0.770. The van der Waals surface area contributed by atoms with Crippen molar-refractivity contribution in [2.45, 2.75) is 13.0 Å². The first-order valence-electron chi connectivity index (χ1n) is 8.92. The van der Waals surface area contributed by atoms with Crippen LogP contribution in [0.3, 0.4) is 0 Å². The second-order valence-electron chi connectivity index (χ2n) is 6.31. The van der Waals surface area contributed by atoms with Crippen molar-refractivity contribution in [1.82, 2.24) is 0 Å². The lowest BCUT2D eigenvalue weighted by molar-refractivity contribution is -0.122. The summed E-state index contributed by atoms with van der Waals surface area (Å²) in [5.41, 5.74) is 3.08. The van der Waals surface area contributed by atoms with Gasteiger partial charge in [0.25, 0.3) is 5.91 Å². The van der Waals surface area contributed by atoms with Crippen molar-refractivity contribution in [3.05, 3.63) is 77.3 Å². The Morgan fingerprint density at radius 1 is 1.03 bits per heavy atom. The highest BCUT2D eigenvalue weighted by Crippen LogP contribution is 2.28. The van der Waals surface area contributed by atoms with E-state index in [1.54, 1.807) is 49.4 Å². The zero-order chi connectivity index (χ0) is 20.8. The first-order chi connectivity index (χ1) is 14.0. The van der Waals surface area contributed by atoms with Crippen LogP contribution in [0, 0.1) is 11.3 Å². The Morgan fingerprint density at radius 2 is 1.66 bits per heavy atom. The second kappa shape index (κ2) is 9.13. The van der Waals surface area contributed by atoms with Gasteiger partial charge in [-0.25, -0.2) is 0 Å². The maximum atomic E-state index is 12.5. The van der Waals surface area contributed by atoms with E-state index in [4.69, 9.17) is 26.3 Å². The second-order valence-corrected chi connectivity index (χ2v) is 6.74. The Morgan fingerprint density at radius 3 is 2.24 bits per heavy atom. The molecule has 0 saturated heterocycles. The van der Waals surface area contributed by atoms with Crippen LogP contribution < -0.4 is 14.8 Å². The number of nitrogens with one attached hydrogen (secondary N) is 1. The molecule has 0 unspecified atom stereocenters. The van der Waals surface area contributed by atoms with Gasteiger partial charge < -0.3 is 14.8 Å². The van der Waals surface area contributed by atoms with Gasteiger partial charge in [0.1, 0.15) is 11.5 Å². The molecule has 6 heteroatoms. The van der Waals surface area contributed by atoms with Crippen LogP contribution in [-0.2, 0) is 4.79 Å². The van der Waals surface area contributed by atoms with Gasteiger partial charge in [-0.05, 0) is 60.5 Å². The normalized spacial score (nSPS) is 11.2. The summed E-state index contributed by atoms with van der Waals surface area (Å²) >= 11 is 5.99. The highest BCUT2D eigenvalue weighted by molar-refractivity contribution is 6.31. The third-order valence-corrected chi connectivity index (χ3v) is 4.54. The quantitative estimate of drug-likeness (QED) is 0.603. The van der Waals surface area contributed by atoms with E-state index in [0.717, 1.165) is 11.1 Å². The smallest absolute Gasteiger partial charge is 0.265 e. The monoisotopic (exact) mass is 406 g/mol. The predicted octanol–water partition coefficient (Wildman–Crippen LogP) is 5.29. The van der Waals surface area contributed by atoms with Gasteiger partial charge in [-0.3, -0.25) is 4.79 Å². The maximum Gasteiger partial charge on any atom is 0.265 e. The molecule has 1 N–H and O–H groups in total. The largest absolute Gasteiger partial charge is 0.495 e. The minimum Gasteiger partial charge on any atom is -0.495 e. The van der Waals surface area contributed by atoms with Crippen molar-refractivity contribution < 1.29 is 14.3 Å². The van der Waals surface area contributed by atoms with Crippen molar-refractivity contribution in [2.24, 2.45) is 0 Å². The highest BCUT2D eigenvalue weighted by Gasteiger charge is 2.17. The summed E-state index contributed by atoms with van der Waals surface area (Å²) in [7, 11) is 1.52. The van der Waals surface area contributed by atoms with Crippen LogP contribution in [0.1, 0.15) is 12.5 Å². The van der Waals surface area contributed by atoms with Gasteiger partial charge in [0.2, 0.25) is 0 Å². The van der Waals surface area contributed by atoms with Gasteiger partial charge in [0, 0.05) is 5.02 Å². The number of hydrogen-bond acceptors (Lipinski definition) is 4. The van der Waals surface area contributed by atoms with E-state index >= 15 is 0 Å². The molecule has 29 heavy (non-hydrogen) atoms. The zero-order valence-electron chi connectivity index (χ0n) is 16.0. The fourth-order valence-corrected chi connectivity index (χ4v) is 2.91. The average molecular weight is 407 g/mol. The fourth-order valence-electron chi connectivity index (χ4n) is 2.73. The van der Waals surface area contributed by atoms with E-state index in [2.05, 4.69) is 11.4 Å². The number of ether oxygens (including phenoxy) is 2. The standard InChI is InChI=1S/C23H19ClN2O3/c1-15(23(27)26-21-13-19(24)9-12-22(21)28-2)29-20-10-7-18(8-11-20)17-5-3-16(14-25)4-6-17/h3-13,15H,1-2H3,(H,26,27)/t15-/m0/s1. The number of rotatable bonds is 6. The number of carbonyl (C=O) groups is 1. The number of nitrogens with zero attached hydrogens (tertiary/aromatic N) is 1. The summed E-state index contributed by atoms with van der Waals surface area (Å²) in [4.78, 5) is 12.5. The number of amides is 1. The number of anilines is 1. The number of halogens is 1. The Kier molecular flexibility index (Phi) is 6.38. The molecule has 0 spiro atoms. The number of carbonyl (C=O) groups excluding carboxylic acids is 1. The van der Waals surface area contributed by atoms with Crippen molar-refractivity contribution in [3.63, 3.8) is 0 Å². The first kappa shape index (κ1) is 20.2. The Labute approximate surface area is 174 Å². The van der Waals surface area contributed by atoms with E-state index in [0.29, 0.717) is 27.8 Å². The Hall–Kier alpha value is -3.49. The predicted molar refractivity (Wildman–Crippen MR) is 113 cm³/mol. The van der Waals surface area contributed by atoms with Gasteiger partial charge in [-0.2, -0.15) is 5.26 Å². The molecule has 0 saturated carbocycles. The fraction of sp³-hybridized carbons (Fsp3) is 0.130. The van der Waals surface area contributed by atoms with Crippen molar-refractivity contribution in [3.8, 4) is 28.7 Å². The SMILES string of the molecule is COc1ccc(Cl)cc1NC(=O)[C@H](C)Oc1ccc(-c2ccc(C#N)cc2)cc1. The number of benzene rings is 3. The molecule has 3 rings (SSSR count). The third kappa shape index (κ3) is 5.07. The lowest BCUT2D eigenvalue weighted by Gasteiger charge is -2.16. The van der Waals surface area contributed by atoms with E-state index in [1.807, 2.05) is 24.3 Å². The highest BCUT2D eigenvalue weighted by atomic mass is 35.5. The minimum absolute atomic E-state index is 0.318. The molecule has 0 radical (unpaired) electrons. The van der Waals surface area contributed by atoms with Crippen LogP contribution >= 0.6 is 11.6 Å². The number of methoxy groups -OCH3 is 1. The lowest BCUT2D eigenvalue weighted by atomic mass is 10.0. The zero-order valence-corrected chi connectivity index (χ0v) is 16.7. The van der Waals surface area contributed by atoms with Crippen molar-refractivity contribution in [1.29, 1.82) is 5.26 Å². The van der Waals surface area contributed by atoms with E-state index in [1.165, 1.54) is 7.11 Å². The summed E-state index contributed by atoms with van der Waals surface area (Å²) in [6.07, 6.45) is -0.723. The van der Waals surface area contributed by atoms with Gasteiger partial charge in [-0.15, -0.1) is 0 Å². The summed E-state index contributed by atoms with van der Waals surface area (Å²) < 4.78 is 11.0. The van der Waals surface area contributed by atoms with E-state index in [9.17, 15) is 4.79 Å². The maximum absolute atomic E-state index is 12.5. The summed E-state index contributed by atoms with van der Waals surface area (Å²) in [6.45, 7) is 1.67. The van der Waals surface area contributed by atoms with Gasteiger partial charge >= 0.3 is 0 Å². The molecule has 0 aliphatic rings. The van der Waals surface area contributed by atoms with Crippen molar-refractivity contribution in [2.75, 3.05) is 12.4 Å². The molecule has 0 bridgehead atoms. The average Bonchev–Trinajstić information content (AvgIpc) is 2.74. The third-order valence-electron chi connectivity index (χ3n) is 4.30. The summed E-state index contributed by atoms with van der Waals surface area (Å²) in [5, 5.41) is 12.2. The first-order valence-corrected chi connectivity index (χ1v) is 9.29. The molecule has 0 aliphatic heterocycles. The van der Waals surface area contributed by atoms with Crippen LogP contribution in [-0.4, -0.2) is 19.1 Å². The van der Waals surface area contributed by atoms with Gasteiger partial charge in [-0.1, -0.05) is 35.9 Å². The molecule has 0 aromatic heterocycles. The van der Waals surface area contributed by atoms with Crippen LogP contribution in [0.4, 0.5) is 5.69 Å². The number of hydrogen-bond donors (Lipinski definition) is 1. The topological polar surface area (TPSA) is 71.3 Å². The van der Waals surface area contributed by atoms with Crippen LogP contribution in [0.2, 0.25) is 5.02 Å². The number of nitriles is 1. The van der Waals surface area contributed by atoms with Gasteiger partial charge in [0.15, 0.2) is 6.10 Å². The van der Waals surface area contributed by atoms with Crippen LogP contribution in [0.25, 0.3) is 11.1 Å². The summed E-state index contributed by atoms with van der Waals surface area (Å²) in [6, 6.07) is 21.8. The lowest BCUT2D eigenvalue weighted by Crippen LogP contribution is -2.30. The molecule has 146 valence electrons. The van der Waals surface area contributed by atoms with E-state index in [-0.39, 0.29) is 5.91 Å². The molecular weight excluding hydrogens is 388 g/mol. The molecule has 1 atom stereocenters. The molecular formula is C23H19ClN2O3. The van der Waals surface area contributed by atoms with Crippen LogP contribution in [0.15, 0.2) is 66.7 Å². The molecule has 0 fully saturated rings. The molecule has 0 aliphatic carbocycles. The molecule has 1 amide bonds. The Balaban J connectivity index is 1.65. The van der Waals surface area contributed by atoms with Gasteiger partial charge in [0.05, 0.1) is 24.4 Å². The molecule has 5 nitrogen and oxygen atoms in total. The Bertz CT molecular complexity index is 1040.